The molecule has 2 amide bonds. The van der Waals surface area contributed by atoms with Crippen molar-refractivity contribution in [3.05, 3.63) is 29.8 Å². The van der Waals surface area contributed by atoms with E-state index >= 15 is 0 Å². The van der Waals surface area contributed by atoms with Gasteiger partial charge in [0.2, 0.25) is 0 Å². The third-order valence-electron chi connectivity index (χ3n) is 2.18. The lowest BCUT2D eigenvalue weighted by Gasteiger charge is -2.22. The van der Waals surface area contributed by atoms with E-state index in [4.69, 9.17) is 9.79 Å². The average Bonchev–Trinajstić information content (AvgIpc) is 2.34. The van der Waals surface area contributed by atoms with Crippen molar-refractivity contribution < 1.29 is 23.8 Å². The van der Waals surface area contributed by atoms with Crippen LogP contribution in [0.2, 0.25) is 0 Å². The highest BCUT2D eigenvalue weighted by molar-refractivity contribution is 7.46. The monoisotopic (exact) mass is 271 g/mol. The summed E-state index contributed by atoms with van der Waals surface area (Å²) in [5.41, 5.74) is 3.23. The molecule has 8 nitrogen and oxygen atoms in total. The number of fused-ring (bicyclic) bond motifs is 1. The Morgan fingerprint density at radius 3 is 2.89 bits per heavy atom. The van der Waals surface area contributed by atoms with Crippen LogP contribution in [0.3, 0.4) is 0 Å². The minimum Gasteiger partial charge on any atom is -0.301 e. The average molecular weight is 271 g/mol. The van der Waals surface area contributed by atoms with E-state index in [1.54, 1.807) is 17.6 Å². The van der Waals surface area contributed by atoms with Crippen LogP contribution in [0.1, 0.15) is 5.56 Å². The molecule has 0 bridgehead atoms. The van der Waals surface area contributed by atoms with E-state index in [2.05, 4.69) is 9.62 Å². The zero-order valence-corrected chi connectivity index (χ0v) is 9.95. The normalized spacial score (nSPS) is 14.2. The quantitative estimate of drug-likeness (QED) is 0.546. The SMILES string of the molecule is O=C(NOP(=O)(O)O)N1C=Nc2ccccc2C1. The molecule has 3 N–H and O–H groups in total. The summed E-state index contributed by atoms with van der Waals surface area (Å²) in [5, 5.41) is 0. The second kappa shape index (κ2) is 4.87. The van der Waals surface area contributed by atoms with Crippen LogP contribution >= 0.6 is 7.82 Å². The number of nitrogens with zero attached hydrogens (tertiary/aromatic N) is 2. The van der Waals surface area contributed by atoms with Crippen molar-refractivity contribution in [3.8, 4) is 0 Å². The molecule has 96 valence electrons. The first kappa shape index (κ1) is 12.7. The second-order valence-corrected chi connectivity index (χ2v) is 4.65. The minimum atomic E-state index is -4.74. The van der Waals surface area contributed by atoms with Crippen LogP contribution in [0.15, 0.2) is 29.3 Å². The summed E-state index contributed by atoms with van der Waals surface area (Å²) in [4.78, 5) is 33.6. The van der Waals surface area contributed by atoms with Gasteiger partial charge in [0.25, 0.3) is 0 Å². The zero-order valence-electron chi connectivity index (χ0n) is 9.05. The van der Waals surface area contributed by atoms with E-state index in [9.17, 15) is 9.36 Å². The van der Waals surface area contributed by atoms with Gasteiger partial charge in [-0.2, -0.15) is 4.62 Å². The van der Waals surface area contributed by atoms with Gasteiger partial charge in [-0.1, -0.05) is 18.2 Å². The highest BCUT2D eigenvalue weighted by Gasteiger charge is 2.21. The fourth-order valence-electron chi connectivity index (χ4n) is 1.41. The van der Waals surface area contributed by atoms with Crippen molar-refractivity contribution >= 4 is 25.9 Å². The van der Waals surface area contributed by atoms with E-state index in [0.29, 0.717) is 0 Å². The Hall–Kier alpha value is -1.73. The van der Waals surface area contributed by atoms with Crippen LogP contribution in [-0.2, 0) is 15.7 Å². The van der Waals surface area contributed by atoms with Crippen LogP contribution < -0.4 is 5.48 Å². The molecule has 0 fully saturated rings. The van der Waals surface area contributed by atoms with Crippen LogP contribution in [-0.4, -0.2) is 27.1 Å². The van der Waals surface area contributed by atoms with E-state index in [1.807, 2.05) is 12.1 Å². The van der Waals surface area contributed by atoms with Crippen LogP contribution in [0.4, 0.5) is 10.5 Å². The molecule has 1 aliphatic rings. The Morgan fingerprint density at radius 1 is 1.44 bits per heavy atom. The van der Waals surface area contributed by atoms with Gasteiger partial charge in [-0.25, -0.2) is 19.8 Å². The van der Waals surface area contributed by atoms with Gasteiger partial charge in [-0.3, -0.25) is 4.90 Å². The molecule has 0 unspecified atom stereocenters. The molecule has 0 saturated heterocycles. The van der Waals surface area contributed by atoms with E-state index in [-0.39, 0.29) is 6.54 Å². The summed E-state index contributed by atoms with van der Waals surface area (Å²) in [6, 6.07) is 6.42. The third-order valence-corrected chi connectivity index (χ3v) is 2.51. The summed E-state index contributed by atoms with van der Waals surface area (Å²) < 4.78 is 14.3. The molecule has 0 aromatic heterocycles. The van der Waals surface area contributed by atoms with Gasteiger partial charge in [0.1, 0.15) is 0 Å². The number of para-hydroxylation sites is 1. The number of amides is 2. The van der Waals surface area contributed by atoms with Crippen molar-refractivity contribution in [2.45, 2.75) is 6.54 Å². The maximum atomic E-state index is 11.5. The van der Waals surface area contributed by atoms with Crippen molar-refractivity contribution in [2.24, 2.45) is 4.99 Å². The highest BCUT2D eigenvalue weighted by atomic mass is 31.2. The number of urea groups is 1. The first-order valence-electron chi connectivity index (χ1n) is 4.88. The summed E-state index contributed by atoms with van der Waals surface area (Å²) >= 11 is 0. The van der Waals surface area contributed by atoms with E-state index < -0.39 is 13.9 Å². The molecule has 18 heavy (non-hydrogen) atoms. The topological polar surface area (TPSA) is 111 Å². The molecule has 1 heterocycles. The van der Waals surface area contributed by atoms with E-state index in [1.165, 1.54) is 6.34 Å². The number of hydrogen-bond acceptors (Lipinski definition) is 4. The third kappa shape index (κ3) is 3.14. The molecule has 0 aliphatic carbocycles. The molecule has 0 spiro atoms. The number of hydroxylamine groups is 1. The molecule has 0 atom stereocenters. The van der Waals surface area contributed by atoms with Gasteiger partial charge < -0.3 is 9.79 Å². The van der Waals surface area contributed by atoms with Crippen LogP contribution in [0, 0.1) is 0 Å². The van der Waals surface area contributed by atoms with Gasteiger partial charge in [0.05, 0.1) is 18.6 Å². The number of nitrogens with one attached hydrogen (secondary N) is 1. The predicted octanol–water partition coefficient (Wildman–Crippen LogP) is 0.896. The first-order valence-corrected chi connectivity index (χ1v) is 6.41. The van der Waals surface area contributed by atoms with Gasteiger partial charge in [-0.15, -0.1) is 0 Å². The first-order chi connectivity index (χ1) is 8.46. The van der Waals surface area contributed by atoms with Crippen molar-refractivity contribution in [1.29, 1.82) is 0 Å². The number of hydrogen-bond donors (Lipinski definition) is 3. The van der Waals surface area contributed by atoms with Gasteiger partial charge >= 0.3 is 13.9 Å². The van der Waals surface area contributed by atoms with E-state index in [0.717, 1.165) is 16.2 Å². The number of aliphatic imine (C=N–C) groups is 1. The Bertz CT molecular complexity index is 541. The molecule has 1 aliphatic heterocycles. The number of rotatable bonds is 2. The molecule has 1 aromatic rings. The predicted molar refractivity (Wildman–Crippen MR) is 61.8 cm³/mol. The standard InChI is InChI=1S/C9H10N3O5P/c13-9(11-17-18(14,15)16)12-5-7-3-1-2-4-8(7)10-6-12/h1-4,6H,5H2,(H,11,13)(H2,14,15,16). The molecule has 0 radical (unpaired) electrons. The largest absolute Gasteiger partial charge is 0.491 e. The van der Waals surface area contributed by atoms with Gasteiger partial charge in [0, 0.05) is 0 Å². The van der Waals surface area contributed by atoms with Gasteiger partial charge in [0.15, 0.2) is 0 Å². The summed E-state index contributed by atoms with van der Waals surface area (Å²) in [5.74, 6) is 0. The van der Waals surface area contributed by atoms with Gasteiger partial charge in [-0.05, 0) is 11.6 Å². The van der Waals surface area contributed by atoms with Crippen molar-refractivity contribution in [1.82, 2.24) is 10.4 Å². The smallest absolute Gasteiger partial charge is 0.301 e. The summed E-state index contributed by atoms with van der Waals surface area (Å²) in [6.07, 6.45) is 1.26. The molecule has 2 rings (SSSR count). The van der Waals surface area contributed by atoms with Crippen LogP contribution in [0.25, 0.3) is 0 Å². The zero-order chi connectivity index (χ0) is 13.2. The molecular formula is C9H10N3O5P. The highest BCUT2D eigenvalue weighted by Crippen LogP contribution is 2.34. The van der Waals surface area contributed by atoms with Crippen LogP contribution in [0.5, 0.6) is 0 Å². The minimum absolute atomic E-state index is 0.246. The maximum Gasteiger partial charge on any atom is 0.491 e. The summed E-state index contributed by atoms with van der Waals surface area (Å²) in [6.45, 7) is 0.246. The second-order valence-electron chi connectivity index (χ2n) is 3.49. The number of carbonyl (C=O) groups is 1. The number of phosphoric acid groups is 1. The molecule has 1 aromatic carbocycles. The maximum absolute atomic E-state index is 11.5. The molecular weight excluding hydrogens is 261 g/mol. The molecule has 0 saturated carbocycles. The number of carbonyl (C=O) groups excluding carboxylic acids is 1. The fourth-order valence-corrected chi connectivity index (χ4v) is 1.61. The Balaban J connectivity index is 2.01. The molecule has 9 heteroatoms. The Morgan fingerprint density at radius 2 is 2.17 bits per heavy atom. The lowest BCUT2D eigenvalue weighted by Crippen LogP contribution is -2.39. The fraction of sp³-hybridized carbons (Fsp3) is 0.111. The van der Waals surface area contributed by atoms with Crippen molar-refractivity contribution in [3.63, 3.8) is 0 Å². The lowest BCUT2D eigenvalue weighted by atomic mass is 10.1. The lowest BCUT2D eigenvalue weighted by molar-refractivity contribution is 0.120. The Kier molecular flexibility index (Phi) is 3.44. The summed E-state index contributed by atoms with van der Waals surface area (Å²) in [7, 11) is -4.74. The number of benzene rings is 1. The van der Waals surface area contributed by atoms with Crippen molar-refractivity contribution in [2.75, 3.05) is 0 Å². The Labute approximate surface area is 102 Å².